The van der Waals surface area contributed by atoms with Crippen molar-refractivity contribution in [2.24, 2.45) is 5.92 Å². The van der Waals surface area contributed by atoms with E-state index in [1.807, 2.05) is 49.4 Å². The quantitative estimate of drug-likeness (QED) is 0.421. The molecule has 0 saturated carbocycles. The van der Waals surface area contributed by atoms with Crippen molar-refractivity contribution in [2.75, 3.05) is 17.2 Å². The minimum Gasteiger partial charge on any atom is -0.325 e. The summed E-state index contributed by atoms with van der Waals surface area (Å²) in [7, 11) is 0. The van der Waals surface area contributed by atoms with Gasteiger partial charge in [0.2, 0.25) is 5.91 Å². The molecular weight excluding hydrogens is 521 g/mol. The molecular formula is C30H25Cl2N3O3. The third-order valence-electron chi connectivity index (χ3n) is 9.08. The topological polar surface area (TPSA) is 78.5 Å². The van der Waals surface area contributed by atoms with Gasteiger partial charge >= 0.3 is 0 Å². The van der Waals surface area contributed by atoms with Gasteiger partial charge in [-0.2, -0.15) is 0 Å². The van der Waals surface area contributed by atoms with Crippen molar-refractivity contribution in [1.29, 1.82) is 0 Å². The third kappa shape index (κ3) is 2.66. The van der Waals surface area contributed by atoms with Crippen LogP contribution in [0.5, 0.6) is 0 Å². The molecule has 2 amide bonds. The van der Waals surface area contributed by atoms with Gasteiger partial charge in [0, 0.05) is 33.6 Å². The normalized spacial score (nSPS) is 28.9. The van der Waals surface area contributed by atoms with Crippen molar-refractivity contribution in [3.63, 3.8) is 0 Å². The lowest BCUT2D eigenvalue weighted by atomic mass is 9.57. The summed E-state index contributed by atoms with van der Waals surface area (Å²) < 4.78 is 0. The lowest BCUT2D eigenvalue weighted by Gasteiger charge is -2.43. The highest BCUT2D eigenvalue weighted by atomic mass is 35.5. The monoisotopic (exact) mass is 545 g/mol. The summed E-state index contributed by atoms with van der Waals surface area (Å²) >= 11 is 12.7. The molecule has 38 heavy (non-hydrogen) atoms. The Hall–Kier alpha value is -3.19. The van der Waals surface area contributed by atoms with E-state index in [2.05, 4.69) is 15.5 Å². The molecule has 0 unspecified atom stereocenters. The van der Waals surface area contributed by atoms with Crippen molar-refractivity contribution in [1.82, 2.24) is 4.90 Å². The molecule has 2 fully saturated rings. The first-order valence-electron chi connectivity index (χ1n) is 13.0. The summed E-state index contributed by atoms with van der Waals surface area (Å²) in [5.74, 6) is -1.68. The fraction of sp³-hybridized carbons (Fsp3) is 0.300. The summed E-state index contributed by atoms with van der Waals surface area (Å²) in [6, 6.07) is 17.8. The van der Waals surface area contributed by atoms with E-state index in [4.69, 9.17) is 23.2 Å². The van der Waals surface area contributed by atoms with Crippen LogP contribution >= 0.6 is 23.2 Å². The van der Waals surface area contributed by atoms with Crippen molar-refractivity contribution in [3.8, 4) is 0 Å². The number of ketones is 1. The van der Waals surface area contributed by atoms with E-state index in [1.165, 1.54) is 0 Å². The molecule has 4 heterocycles. The Kier molecular flexibility index (Phi) is 5.13. The minimum atomic E-state index is -1.49. The number of amides is 2. The molecule has 4 aliphatic rings. The maximum absolute atomic E-state index is 14.7. The average Bonchev–Trinajstić information content (AvgIpc) is 3.62. The SMILES string of the molecule is CCc1cccc2c1NC(=O)[C@]21N2CCC[C@H]2[C@@H](C(=O)c2ccc(Cl)cc2Cl)[C@]12C(=O)Nc1ccccc12. The molecule has 0 aliphatic carbocycles. The van der Waals surface area contributed by atoms with E-state index in [0.29, 0.717) is 34.8 Å². The number of para-hydroxylation sites is 2. The molecule has 3 aromatic rings. The van der Waals surface area contributed by atoms with E-state index in [9.17, 15) is 14.4 Å². The van der Waals surface area contributed by atoms with Gasteiger partial charge in [0.15, 0.2) is 5.78 Å². The second-order valence-corrected chi connectivity index (χ2v) is 11.4. The average molecular weight is 546 g/mol. The van der Waals surface area contributed by atoms with E-state index < -0.39 is 16.9 Å². The number of carbonyl (C=O) groups is 3. The van der Waals surface area contributed by atoms with Crippen molar-refractivity contribution in [3.05, 3.63) is 93.0 Å². The van der Waals surface area contributed by atoms with Crippen LogP contribution in [0.25, 0.3) is 0 Å². The molecule has 7 rings (SSSR count). The van der Waals surface area contributed by atoms with Crippen LogP contribution in [0.1, 0.15) is 46.8 Å². The number of hydrogen-bond acceptors (Lipinski definition) is 4. The number of nitrogens with zero attached hydrogens (tertiary/aromatic N) is 1. The molecule has 0 aromatic heterocycles. The van der Waals surface area contributed by atoms with Crippen LogP contribution in [0.15, 0.2) is 60.7 Å². The summed E-state index contributed by atoms with van der Waals surface area (Å²) in [6.45, 7) is 2.64. The summed E-state index contributed by atoms with van der Waals surface area (Å²) in [5.41, 5.74) is 1.25. The lowest BCUT2D eigenvalue weighted by Crippen LogP contribution is -2.62. The van der Waals surface area contributed by atoms with Gasteiger partial charge in [0.1, 0.15) is 11.0 Å². The van der Waals surface area contributed by atoms with E-state index in [1.54, 1.807) is 18.2 Å². The third-order valence-corrected chi connectivity index (χ3v) is 9.63. The smallest absolute Gasteiger partial charge is 0.251 e. The van der Waals surface area contributed by atoms with E-state index in [0.717, 1.165) is 29.7 Å². The van der Waals surface area contributed by atoms with Gasteiger partial charge in [0.25, 0.3) is 5.91 Å². The molecule has 2 N–H and O–H groups in total. The zero-order valence-corrected chi connectivity index (χ0v) is 22.2. The van der Waals surface area contributed by atoms with Crippen molar-refractivity contribution in [2.45, 2.75) is 43.2 Å². The molecule has 4 aliphatic heterocycles. The Morgan fingerprint density at radius 1 is 1.00 bits per heavy atom. The Morgan fingerprint density at radius 2 is 1.79 bits per heavy atom. The molecule has 4 atom stereocenters. The van der Waals surface area contributed by atoms with Gasteiger partial charge in [-0.05, 0) is 61.2 Å². The molecule has 6 nitrogen and oxygen atoms in total. The van der Waals surface area contributed by atoms with Crippen LogP contribution in [0.2, 0.25) is 10.0 Å². The highest BCUT2D eigenvalue weighted by molar-refractivity contribution is 6.37. The second-order valence-electron chi connectivity index (χ2n) is 10.5. The fourth-order valence-corrected chi connectivity index (χ4v) is 8.32. The number of rotatable bonds is 3. The lowest BCUT2D eigenvalue weighted by molar-refractivity contribution is -0.137. The number of Topliss-reactive ketones (excluding diaryl/α,β-unsaturated/α-hetero) is 1. The van der Waals surface area contributed by atoms with E-state index in [-0.39, 0.29) is 28.7 Å². The summed E-state index contributed by atoms with van der Waals surface area (Å²) in [4.78, 5) is 45.8. The maximum atomic E-state index is 14.7. The van der Waals surface area contributed by atoms with Crippen LogP contribution in [0.4, 0.5) is 11.4 Å². The Balaban J connectivity index is 1.59. The number of hydrogen-bond donors (Lipinski definition) is 2. The number of aryl methyl sites for hydroxylation is 1. The molecule has 2 spiro atoms. The van der Waals surface area contributed by atoms with Crippen LogP contribution < -0.4 is 10.6 Å². The van der Waals surface area contributed by atoms with Gasteiger partial charge in [-0.1, -0.05) is 66.5 Å². The predicted molar refractivity (Wildman–Crippen MR) is 147 cm³/mol. The molecule has 192 valence electrons. The fourth-order valence-electron chi connectivity index (χ4n) is 7.82. The number of halogens is 2. The summed E-state index contributed by atoms with van der Waals surface area (Å²) in [5, 5.41) is 6.88. The molecule has 8 heteroatoms. The van der Waals surface area contributed by atoms with Gasteiger partial charge in [-0.25, -0.2) is 0 Å². The van der Waals surface area contributed by atoms with Crippen LogP contribution in [-0.4, -0.2) is 35.1 Å². The van der Waals surface area contributed by atoms with Crippen LogP contribution in [0.3, 0.4) is 0 Å². The first-order valence-corrected chi connectivity index (χ1v) is 13.7. The largest absolute Gasteiger partial charge is 0.325 e. The van der Waals surface area contributed by atoms with Gasteiger partial charge < -0.3 is 10.6 Å². The number of benzene rings is 3. The van der Waals surface area contributed by atoms with Crippen molar-refractivity contribution >= 4 is 52.2 Å². The molecule has 2 saturated heterocycles. The summed E-state index contributed by atoms with van der Waals surface area (Å²) in [6.07, 6.45) is 2.23. The first kappa shape index (κ1) is 23.9. The van der Waals surface area contributed by atoms with Gasteiger partial charge in [0.05, 0.1) is 10.9 Å². The minimum absolute atomic E-state index is 0.236. The van der Waals surface area contributed by atoms with Crippen LogP contribution in [0, 0.1) is 5.92 Å². The Bertz CT molecular complexity index is 1570. The highest BCUT2D eigenvalue weighted by Gasteiger charge is 2.81. The van der Waals surface area contributed by atoms with Gasteiger partial charge in [-0.15, -0.1) is 0 Å². The predicted octanol–water partition coefficient (Wildman–Crippen LogP) is 5.57. The van der Waals surface area contributed by atoms with Gasteiger partial charge in [-0.3, -0.25) is 19.3 Å². The first-order chi connectivity index (χ1) is 18.4. The Morgan fingerprint density at radius 3 is 2.58 bits per heavy atom. The molecule has 3 aromatic carbocycles. The number of carbonyl (C=O) groups excluding carboxylic acids is 3. The maximum Gasteiger partial charge on any atom is 0.251 e. The van der Waals surface area contributed by atoms with Crippen molar-refractivity contribution < 1.29 is 14.4 Å². The number of fused-ring (bicyclic) bond motifs is 7. The van der Waals surface area contributed by atoms with E-state index >= 15 is 0 Å². The molecule has 0 radical (unpaired) electrons. The standard InChI is InChI=1S/C30H25Cl2N3O3/c1-2-16-7-5-9-20-25(16)34-28(38)30(20)29(19-8-3-4-10-22(19)33-27(29)37)24(23-11-6-14-35(23)30)26(36)18-13-12-17(31)15-21(18)32/h3-5,7-10,12-13,15,23-24H,2,6,11,14H2,1H3,(H,33,37)(H,34,38)/t23-,24-,29+,30+/m0/s1. The Labute approximate surface area is 230 Å². The zero-order chi connectivity index (χ0) is 26.4. The second kappa shape index (κ2) is 8.15. The molecule has 0 bridgehead atoms. The highest BCUT2D eigenvalue weighted by Crippen LogP contribution is 2.68. The van der Waals surface area contributed by atoms with Crippen LogP contribution in [-0.2, 0) is 27.0 Å². The number of nitrogens with one attached hydrogen (secondary N) is 2. The number of anilines is 2. The zero-order valence-electron chi connectivity index (χ0n) is 20.7.